The molecule has 0 amide bonds. The van der Waals surface area contributed by atoms with Crippen LogP contribution >= 0.6 is 7.82 Å². The maximum absolute atomic E-state index is 12.7. The Kier molecular flexibility index (Phi) is 37.0. The van der Waals surface area contributed by atoms with Gasteiger partial charge in [0.1, 0.15) is 19.3 Å². The number of phosphoric ester groups is 1. The number of esters is 1. The molecule has 0 aliphatic heterocycles. The summed E-state index contributed by atoms with van der Waals surface area (Å²) in [5.74, 6) is -0.478. The maximum Gasteiger partial charge on any atom is 0.472 e. The minimum absolute atomic E-state index is 0.0489. The van der Waals surface area contributed by atoms with Crippen molar-refractivity contribution in [1.29, 1.82) is 0 Å². The van der Waals surface area contributed by atoms with Gasteiger partial charge in [0, 0.05) is 13.0 Å². The number of aliphatic hydroxyl groups is 1. The highest BCUT2D eigenvalue weighted by Crippen LogP contribution is 2.43. The second kappa shape index (κ2) is 38.4. The predicted molar refractivity (Wildman–Crippen MR) is 234 cm³/mol. The fourth-order valence-electron chi connectivity index (χ4n) is 5.46. The molecule has 0 bridgehead atoms. The van der Waals surface area contributed by atoms with Gasteiger partial charge < -0.3 is 24.0 Å². The number of likely N-dealkylation sites (N-methyl/N-ethyl adjacent to an activating group) is 1. The first-order valence-electron chi connectivity index (χ1n) is 21.8. The molecule has 0 aromatic carbocycles. The molecule has 0 rings (SSSR count). The summed E-state index contributed by atoms with van der Waals surface area (Å²) in [5.41, 5.74) is 0. The molecule has 2 N–H and O–H groups in total. The van der Waals surface area contributed by atoms with E-state index in [0.717, 1.165) is 51.4 Å². The van der Waals surface area contributed by atoms with Gasteiger partial charge in [0.15, 0.2) is 0 Å². The highest BCUT2D eigenvalue weighted by atomic mass is 31.2. The smallest absolute Gasteiger partial charge is 0.457 e. The summed E-state index contributed by atoms with van der Waals surface area (Å²) in [5, 5.41) is 10.3. The van der Waals surface area contributed by atoms with Crippen LogP contribution in [0.25, 0.3) is 0 Å². The molecule has 0 aliphatic carbocycles. The van der Waals surface area contributed by atoms with E-state index in [0.29, 0.717) is 30.5 Å². The van der Waals surface area contributed by atoms with Gasteiger partial charge >= 0.3 is 13.8 Å². The van der Waals surface area contributed by atoms with Crippen LogP contribution < -0.4 is 0 Å². The van der Waals surface area contributed by atoms with E-state index in [2.05, 4.69) is 62.5 Å². The Labute approximate surface area is 343 Å². The molecule has 10 heteroatoms. The molecule has 0 heterocycles. The predicted octanol–water partition coefficient (Wildman–Crippen LogP) is 11.7. The molecule has 0 spiro atoms. The van der Waals surface area contributed by atoms with Crippen LogP contribution in [0.15, 0.2) is 72.9 Å². The highest BCUT2D eigenvalue weighted by Gasteiger charge is 2.26. The van der Waals surface area contributed by atoms with E-state index in [4.69, 9.17) is 18.5 Å². The van der Waals surface area contributed by atoms with Crippen LogP contribution in [-0.4, -0.2) is 86.8 Å². The average molecular weight is 809 g/mol. The van der Waals surface area contributed by atoms with Gasteiger partial charge in [0.25, 0.3) is 0 Å². The molecule has 0 saturated heterocycles. The number of ether oxygens (including phenoxy) is 2. The van der Waals surface area contributed by atoms with Gasteiger partial charge in [-0.2, -0.15) is 0 Å². The highest BCUT2D eigenvalue weighted by molar-refractivity contribution is 7.47. The summed E-state index contributed by atoms with van der Waals surface area (Å²) in [4.78, 5) is 22.9. The van der Waals surface area contributed by atoms with E-state index < -0.39 is 26.0 Å². The van der Waals surface area contributed by atoms with E-state index in [1.54, 1.807) is 6.08 Å². The minimum atomic E-state index is -4.33. The van der Waals surface area contributed by atoms with Crippen molar-refractivity contribution in [2.75, 3.05) is 54.1 Å². The average Bonchev–Trinajstić information content (AvgIpc) is 3.14. The van der Waals surface area contributed by atoms with E-state index in [1.165, 1.54) is 64.2 Å². The zero-order chi connectivity index (χ0) is 41.4. The third kappa shape index (κ3) is 41.5. The molecule has 0 saturated carbocycles. The lowest BCUT2D eigenvalue weighted by Crippen LogP contribution is -2.37. The molecule has 0 aromatic heterocycles. The summed E-state index contributed by atoms with van der Waals surface area (Å²) >= 11 is 0. The Morgan fingerprint density at radius 3 is 1.84 bits per heavy atom. The zero-order valence-electron chi connectivity index (χ0n) is 36.2. The number of allylic oxidation sites excluding steroid dienone is 11. The molecule has 3 unspecified atom stereocenters. The number of hydrogen-bond donors (Lipinski definition) is 2. The fourth-order valence-corrected chi connectivity index (χ4v) is 6.20. The number of quaternary nitrogens is 1. The first kappa shape index (κ1) is 53.9. The van der Waals surface area contributed by atoms with Crippen LogP contribution in [0.5, 0.6) is 0 Å². The first-order valence-corrected chi connectivity index (χ1v) is 23.3. The van der Waals surface area contributed by atoms with E-state index >= 15 is 0 Å². The zero-order valence-corrected chi connectivity index (χ0v) is 37.1. The van der Waals surface area contributed by atoms with Gasteiger partial charge in [-0.15, -0.1) is 0 Å². The Morgan fingerprint density at radius 2 is 1.23 bits per heavy atom. The normalized spacial score (nSPS) is 15.1. The molecular formula is C46H83NO8P+. The van der Waals surface area contributed by atoms with Gasteiger partial charge in [-0.3, -0.25) is 13.8 Å². The monoisotopic (exact) mass is 809 g/mol. The summed E-state index contributed by atoms with van der Waals surface area (Å²) in [6.07, 6.45) is 45.4. The molecular weight excluding hydrogens is 725 g/mol. The van der Waals surface area contributed by atoms with Crippen LogP contribution in [0.3, 0.4) is 0 Å². The SMILES string of the molecule is CC/C=C\C/C=C\C/C=C\C/C=C\C=C\C(O)CCCC(=O)OC(COCCCCCCCC/C=C\CCCCCCCC)COP(=O)(O)OCC[N+](C)(C)C. The largest absolute Gasteiger partial charge is 0.472 e. The number of phosphoric acid groups is 1. The van der Waals surface area contributed by atoms with E-state index in [1.807, 2.05) is 39.4 Å². The van der Waals surface area contributed by atoms with Crippen molar-refractivity contribution in [3.05, 3.63) is 72.9 Å². The molecule has 0 aliphatic rings. The van der Waals surface area contributed by atoms with Crippen LogP contribution in [0.2, 0.25) is 0 Å². The van der Waals surface area contributed by atoms with Crippen molar-refractivity contribution in [1.82, 2.24) is 0 Å². The molecule has 9 nitrogen and oxygen atoms in total. The molecule has 56 heavy (non-hydrogen) atoms. The second-order valence-electron chi connectivity index (χ2n) is 15.5. The van der Waals surface area contributed by atoms with Gasteiger partial charge in [0.2, 0.25) is 0 Å². The summed E-state index contributed by atoms with van der Waals surface area (Å²) in [6.45, 7) is 5.19. The maximum atomic E-state index is 12.7. The van der Waals surface area contributed by atoms with Gasteiger partial charge in [-0.1, -0.05) is 145 Å². The molecule has 3 atom stereocenters. The van der Waals surface area contributed by atoms with Crippen molar-refractivity contribution in [3.63, 3.8) is 0 Å². The summed E-state index contributed by atoms with van der Waals surface area (Å²) in [6, 6.07) is 0. The van der Waals surface area contributed by atoms with Crippen LogP contribution in [0.1, 0.15) is 149 Å². The van der Waals surface area contributed by atoms with Crippen LogP contribution in [-0.2, 0) is 27.9 Å². The molecule has 0 radical (unpaired) electrons. The fraction of sp³-hybridized carbons (Fsp3) is 0.717. The molecule has 0 fully saturated rings. The minimum Gasteiger partial charge on any atom is -0.457 e. The van der Waals surface area contributed by atoms with Gasteiger partial charge in [0.05, 0.1) is 40.5 Å². The van der Waals surface area contributed by atoms with Crippen LogP contribution in [0, 0.1) is 0 Å². The van der Waals surface area contributed by atoms with Gasteiger partial charge in [-0.05, 0) is 70.6 Å². The number of nitrogens with zero attached hydrogens (tertiary/aromatic N) is 1. The first-order chi connectivity index (χ1) is 27.0. The van der Waals surface area contributed by atoms with Crippen molar-refractivity contribution < 1.29 is 42.4 Å². The lowest BCUT2D eigenvalue weighted by atomic mass is 10.1. The quantitative estimate of drug-likeness (QED) is 0.0158. The Bertz CT molecular complexity index is 1140. The number of aliphatic hydroxyl groups excluding tert-OH is 1. The number of unbranched alkanes of at least 4 members (excludes halogenated alkanes) is 12. The van der Waals surface area contributed by atoms with E-state index in [-0.39, 0.29) is 26.2 Å². The lowest BCUT2D eigenvalue weighted by molar-refractivity contribution is -0.870. The van der Waals surface area contributed by atoms with Crippen LogP contribution in [0.4, 0.5) is 0 Å². The topological polar surface area (TPSA) is 112 Å². The standard InChI is InChI=1S/C46H82NO8P/c1-6-8-10-12-14-16-18-20-21-22-24-26-28-30-32-34-40-52-42-45(43-54-56(50,51)53-41-39-47(3,4)5)55-46(49)38-35-37-44(48)36-33-31-29-27-25-23-19-17-15-13-11-9-7-2/h9,11,15,17,20-21,23,25,29,31,33,36,44-45,48H,6-8,10,12-14,16,18-19,22,24,26-28,30,32,34-35,37-43H2,1-5H3/p+1/b11-9-,17-15-,21-20-,25-23-,31-29-,36-33+. The number of carbonyl (C=O) groups is 1. The third-order valence-electron chi connectivity index (χ3n) is 8.86. The van der Waals surface area contributed by atoms with Crippen molar-refractivity contribution in [3.8, 4) is 0 Å². The lowest BCUT2D eigenvalue weighted by Gasteiger charge is -2.24. The summed E-state index contributed by atoms with van der Waals surface area (Å²) < 4.78 is 34.8. The van der Waals surface area contributed by atoms with Gasteiger partial charge in [-0.25, -0.2) is 4.57 Å². The third-order valence-corrected chi connectivity index (χ3v) is 9.84. The van der Waals surface area contributed by atoms with Crippen molar-refractivity contribution in [2.45, 2.75) is 161 Å². The number of hydrogen-bond acceptors (Lipinski definition) is 7. The Morgan fingerprint density at radius 1 is 0.661 bits per heavy atom. The summed E-state index contributed by atoms with van der Waals surface area (Å²) in [7, 11) is 1.53. The number of rotatable bonds is 39. The van der Waals surface area contributed by atoms with Crippen molar-refractivity contribution >= 4 is 13.8 Å². The molecule has 324 valence electrons. The Hall–Kier alpha value is -2.10. The van der Waals surface area contributed by atoms with E-state index in [9.17, 15) is 19.4 Å². The Balaban J connectivity index is 4.47. The number of carbonyl (C=O) groups excluding carboxylic acids is 1. The second-order valence-corrected chi connectivity index (χ2v) is 17.0. The molecule has 0 aromatic rings. The van der Waals surface area contributed by atoms with Crippen molar-refractivity contribution in [2.24, 2.45) is 0 Å².